The third-order valence-corrected chi connectivity index (χ3v) is 4.80. The molecule has 3 rings (SSSR count). The van der Waals surface area contributed by atoms with Gasteiger partial charge in [0.2, 0.25) is 0 Å². The lowest BCUT2D eigenvalue weighted by atomic mass is 10.0. The van der Waals surface area contributed by atoms with Crippen LogP contribution in [0.1, 0.15) is 34.5 Å². The molecule has 1 aromatic carbocycles. The van der Waals surface area contributed by atoms with Gasteiger partial charge in [-0.15, -0.1) is 0 Å². The van der Waals surface area contributed by atoms with Gasteiger partial charge in [-0.3, -0.25) is 9.59 Å². The van der Waals surface area contributed by atoms with Crippen LogP contribution in [0.4, 0.5) is 0 Å². The first-order valence-corrected chi connectivity index (χ1v) is 8.89. The number of methoxy groups -OCH3 is 3. The Morgan fingerprint density at radius 3 is 2.59 bits per heavy atom. The molecule has 27 heavy (non-hydrogen) atoms. The standard InChI is InChI=1S/C20H24N2O5/c1-25-15-9-6-7-13(19(15)27-3)12-21-20(24)18-14-8-4-5-10-22(14)17(23)11-16(18)26-2/h6-7,9,11H,4-5,8,10,12H2,1-3H3,(H,21,24). The van der Waals surface area contributed by atoms with Crippen LogP contribution in [0, 0.1) is 0 Å². The van der Waals surface area contributed by atoms with Gasteiger partial charge in [0, 0.05) is 30.4 Å². The second-order valence-corrected chi connectivity index (χ2v) is 6.32. The summed E-state index contributed by atoms with van der Waals surface area (Å²) in [6.07, 6.45) is 2.55. The summed E-state index contributed by atoms with van der Waals surface area (Å²) in [5.74, 6) is 1.22. The maximum Gasteiger partial charge on any atom is 0.257 e. The quantitative estimate of drug-likeness (QED) is 0.841. The number of hydrogen-bond acceptors (Lipinski definition) is 5. The fraction of sp³-hybridized carbons (Fsp3) is 0.400. The lowest BCUT2D eigenvalue weighted by molar-refractivity contribution is 0.0944. The van der Waals surface area contributed by atoms with Crippen LogP contribution < -0.4 is 25.1 Å². The molecule has 0 unspecified atom stereocenters. The number of pyridine rings is 1. The van der Waals surface area contributed by atoms with Crippen molar-refractivity contribution in [3.8, 4) is 17.2 Å². The van der Waals surface area contributed by atoms with Gasteiger partial charge >= 0.3 is 0 Å². The number of rotatable bonds is 6. The summed E-state index contributed by atoms with van der Waals surface area (Å²) in [6, 6.07) is 6.89. The number of amides is 1. The number of carbonyl (C=O) groups excluding carboxylic acids is 1. The predicted molar refractivity (Wildman–Crippen MR) is 101 cm³/mol. The molecule has 2 aromatic rings. The van der Waals surface area contributed by atoms with Gasteiger partial charge in [-0.25, -0.2) is 0 Å². The maximum absolute atomic E-state index is 13.0. The molecular weight excluding hydrogens is 348 g/mol. The predicted octanol–water partition coefficient (Wildman–Crippen LogP) is 2.14. The molecule has 0 aliphatic carbocycles. The van der Waals surface area contributed by atoms with Crippen LogP contribution in [0.2, 0.25) is 0 Å². The van der Waals surface area contributed by atoms with Gasteiger partial charge < -0.3 is 24.1 Å². The molecule has 1 N–H and O–H groups in total. The maximum atomic E-state index is 13.0. The smallest absolute Gasteiger partial charge is 0.257 e. The fourth-order valence-corrected chi connectivity index (χ4v) is 3.50. The summed E-state index contributed by atoms with van der Waals surface area (Å²) < 4.78 is 17.7. The summed E-state index contributed by atoms with van der Waals surface area (Å²) in [5, 5.41) is 2.92. The molecule has 1 amide bonds. The van der Waals surface area contributed by atoms with E-state index in [0.717, 1.165) is 24.1 Å². The SMILES string of the molecule is COc1cccc(CNC(=O)c2c(OC)cc(=O)n3c2CCCC3)c1OC. The molecule has 0 bridgehead atoms. The molecule has 1 aliphatic rings. The molecule has 1 aliphatic heterocycles. The van der Waals surface area contributed by atoms with Crippen LogP contribution in [-0.4, -0.2) is 31.8 Å². The molecule has 7 nitrogen and oxygen atoms in total. The monoisotopic (exact) mass is 372 g/mol. The van der Waals surface area contributed by atoms with Crippen molar-refractivity contribution in [1.29, 1.82) is 0 Å². The van der Waals surface area contributed by atoms with Gasteiger partial charge in [0.15, 0.2) is 11.5 Å². The summed E-state index contributed by atoms with van der Waals surface area (Å²) in [6.45, 7) is 0.892. The average molecular weight is 372 g/mol. The van der Waals surface area contributed by atoms with Gasteiger partial charge in [-0.2, -0.15) is 0 Å². The van der Waals surface area contributed by atoms with Gasteiger partial charge in [-0.1, -0.05) is 12.1 Å². The Hall–Kier alpha value is -2.96. The molecule has 0 atom stereocenters. The van der Waals surface area contributed by atoms with Crippen molar-refractivity contribution in [2.45, 2.75) is 32.4 Å². The number of benzene rings is 1. The van der Waals surface area contributed by atoms with E-state index in [-0.39, 0.29) is 18.0 Å². The number of para-hydroxylation sites is 1. The van der Waals surface area contributed by atoms with Crippen molar-refractivity contribution >= 4 is 5.91 Å². The van der Waals surface area contributed by atoms with E-state index in [1.807, 2.05) is 12.1 Å². The Kier molecular flexibility index (Phi) is 5.69. The average Bonchev–Trinajstić information content (AvgIpc) is 2.71. The summed E-state index contributed by atoms with van der Waals surface area (Å²) in [4.78, 5) is 25.2. The molecule has 0 spiro atoms. The highest BCUT2D eigenvalue weighted by molar-refractivity contribution is 5.98. The van der Waals surface area contributed by atoms with Crippen molar-refractivity contribution in [3.05, 3.63) is 51.4 Å². The Bertz CT molecular complexity index is 904. The highest BCUT2D eigenvalue weighted by Crippen LogP contribution is 2.31. The van der Waals surface area contributed by atoms with Crippen molar-refractivity contribution in [1.82, 2.24) is 9.88 Å². The van der Waals surface area contributed by atoms with Crippen molar-refractivity contribution in [3.63, 3.8) is 0 Å². The Morgan fingerprint density at radius 1 is 1.11 bits per heavy atom. The molecule has 2 heterocycles. The minimum Gasteiger partial charge on any atom is -0.496 e. The lowest BCUT2D eigenvalue weighted by Crippen LogP contribution is -2.33. The van der Waals surface area contributed by atoms with E-state index in [1.165, 1.54) is 13.2 Å². The van der Waals surface area contributed by atoms with Gasteiger partial charge in [0.25, 0.3) is 11.5 Å². The minimum absolute atomic E-state index is 0.132. The third kappa shape index (κ3) is 3.63. The molecule has 0 fully saturated rings. The van der Waals surface area contributed by atoms with Crippen molar-refractivity contribution in [2.24, 2.45) is 0 Å². The summed E-state index contributed by atoms with van der Waals surface area (Å²) >= 11 is 0. The third-order valence-electron chi connectivity index (χ3n) is 4.80. The Balaban J connectivity index is 1.91. The summed E-state index contributed by atoms with van der Waals surface area (Å²) in [7, 11) is 4.60. The first-order chi connectivity index (χ1) is 13.1. The zero-order valence-corrected chi connectivity index (χ0v) is 15.8. The van der Waals surface area contributed by atoms with E-state index in [1.54, 1.807) is 24.9 Å². The van der Waals surface area contributed by atoms with Gasteiger partial charge in [0.05, 0.1) is 21.3 Å². The molecule has 0 saturated carbocycles. The number of hydrogen-bond donors (Lipinski definition) is 1. The normalized spacial score (nSPS) is 12.9. The molecule has 144 valence electrons. The van der Waals surface area contributed by atoms with Crippen molar-refractivity contribution < 1.29 is 19.0 Å². The van der Waals surface area contributed by atoms with Crippen LogP contribution in [0.25, 0.3) is 0 Å². The Morgan fingerprint density at radius 2 is 1.89 bits per heavy atom. The second kappa shape index (κ2) is 8.16. The first kappa shape index (κ1) is 18.8. The zero-order chi connectivity index (χ0) is 19.4. The van der Waals surface area contributed by atoms with Crippen LogP contribution in [0.5, 0.6) is 17.2 Å². The molecule has 0 radical (unpaired) electrons. The van der Waals surface area contributed by atoms with E-state index in [9.17, 15) is 9.59 Å². The summed E-state index contributed by atoms with van der Waals surface area (Å²) in [5.41, 5.74) is 1.83. The number of ether oxygens (including phenoxy) is 3. The van der Waals surface area contributed by atoms with E-state index in [2.05, 4.69) is 5.32 Å². The van der Waals surface area contributed by atoms with Crippen molar-refractivity contribution in [2.75, 3.05) is 21.3 Å². The van der Waals surface area contributed by atoms with Crippen LogP contribution >= 0.6 is 0 Å². The van der Waals surface area contributed by atoms with Gasteiger partial charge in [0.1, 0.15) is 11.3 Å². The largest absolute Gasteiger partial charge is 0.496 e. The number of carbonyl (C=O) groups is 1. The number of nitrogens with one attached hydrogen (secondary N) is 1. The van der Waals surface area contributed by atoms with Gasteiger partial charge in [-0.05, 0) is 25.3 Å². The molecule has 7 heteroatoms. The topological polar surface area (TPSA) is 78.8 Å². The lowest BCUT2D eigenvalue weighted by Gasteiger charge is -2.23. The van der Waals surface area contributed by atoms with E-state index < -0.39 is 0 Å². The highest BCUT2D eigenvalue weighted by Gasteiger charge is 2.24. The van der Waals surface area contributed by atoms with Crippen LogP contribution in [0.15, 0.2) is 29.1 Å². The molecule has 1 aromatic heterocycles. The second-order valence-electron chi connectivity index (χ2n) is 6.32. The Labute approximate surface area is 157 Å². The fourth-order valence-electron chi connectivity index (χ4n) is 3.50. The zero-order valence-electron chi connectivity index (χ0n) is 15.8. The number of nitrogens with zero attached hydrogens (tertiary/aromatic N) is 1. The van der Waals surface area contributed by atoms with E-state index in [4.69, 9.17) is 14.2 Å². The first-order valence-electron chi connectivity index (χ1n) is 8.89. The minimum atomic E-state index is -0.276. The van der Waals surface area contributed by atoms with E-state index in [0.29, 0.717) is 35.8 Å². The highest BCUT2D eigenvalue weighted by atomic mass is 16.5. The number of aromatic nitrogens is 1. The van der Waals surface area contributed by atoms with E-state index >= 15 is 0 Å². The van der Waals surface area contributed by atoms with Crippen LogP contribution in [0.3, 0.4) is 0 Å². The van der Waals surface area contributed by atoms with Crippen LogP contribution in [-0.2, 0) is 19.5 Å². The molecule has 0 saturated heterocycles. The molecular formula is C20H24N2O5. The number of fused-ring (bicyclic) bond motifs is 1.